The third-order valence-corrected chi connectivity index (χ3v) is 3.12. The van der Waals surface area contributed by atoms with E-state index in [1.165, 1.54) is 0 Å². The summed E-state index contributed by atoms with van der Waals surface area (Å²) in [5.74, 6) is 0.108. The number of phenols is 1. The minimum atomic E-state index is -0.143. The van der Waals surface area contributed by atoms with Gasteiger partial charge in [0, 0.05) is 19.0 Å². The normalized spacial score (nSPS) is 23.6. The topological polar surface area (TPSA) is 58.6 Å². The summed E-state index contributed by atoms with van der Waals surface area (Å²) < 4.78 is 5.07. The van der Waals surface area contributed by atoms with Crippen LogP contribution in [-0.2, 0) is 9.53 Å². The van der Waals surface area contributed by atoms with Crippen LogP contribution in [0.2, 0.25) is 0 Å². The Hall–Kier alpha value is -1.55. The molecule has 2 rings (SSSR count). The quantitative estimate of drug-likeness (QED) is 0.774. The summed E-state index contributed by atoms with van der Waals surface area (Å²) >= 11 is 0. The van der Waals surface area contributed by atoms with Crippen molar-refractivity contribution in [2.75, 3.05) is 19.7 Å². The van der Waals surface area contributed by atoms with Crippen molar-refractivity contribution < 1.29 is 14.6 Å². The molecule has 0 aliphatic carbocycles. The van der Waals surface area contributed by atoms with Crippen molar-refractivity contribution in [1.82, 2.24) is 5.32 Å². The molecule has 0 saturated carbocycles. The first-order valence-corrected chi connectivity index (χ1v) is 5.88. The van der Waals surface area contributed by atoms with E-state index in [0.717, 1.165) is 12.1 Å². The number of phenolic OH excluding ortho intramolecular Hbond substituents is 1. The number of carbonyl (C=O) groups is 1. The zero-order valence-corrected chi connectivity index (χ0v) is 9.85. The predicted molar refractivity (Wildman–Crippen MR) is 63.8 cm³/mol. The van der Waals surface area contributed by atoms with Gasteiger partial charge in [-0.25, -0.2) is 0 Å². The van der Waals surface area contributed by atoms with Crippen LogP contribution in [0.5, 0.6) is 5.75 Å². The van der Waals surface area contributed by atoms with Crippen molar-refractivity contribution in [3.63, 3.8) is 0 Å². The van der Waals surface area contributed by atoms with Gasteiger partial charge in [0.05, 0.1) is 12.5 Å². The maximum absolute atomic E-state index is 11.8. The Morgan fingerprint density at radius 3 is 2.76 bits per heavy atom. The zero-order chi connectivity index (χ0) is 12.3. The number of carbonyl (C=O) groups excluding carboxylic acids is 1. The highest BCUT2D eigenvalue weighted by Crippen LogP contribution is 2.29. The Balaban J connectivity index is 2.14. The van der Waals surface area contributed by atoms with Gasteiger partial charge in [-0.1, -0.05) is 12.1 Å². The number of ether oxygens (including phenoxy) is 1. The highest BCUT2D eigenvalue weighted by molar-refractivity contribution is 5.74. The molecule has 1 fully saturated rings. The van der Waals surface area contributed by atoms with Gasteiger partial charge < -0.3 is 15.2 Å². The van der Waals surface area contributed by atoms with E-state index < -0.39 is 0 Å². The third kappa shape index (κ3) is 2.58. The average Bonchev–Trinajstić information content (AvgIpc) is 2.79. The van der Waals surface area contributed by atoms with Gasteiger partial charge >= 0.3 is 5.97 Å². The van der Waals surface area contributed by atoms with E-state index in [2.05, 4.69) is 5.32 Å². The Morgan fingerprint density at radius 1 is 1.41 bits per heavy atom. The lowest BCUT2D eigenvalue weighted by Crippen LogP contribution is -2.24. The lowest BCUT2D eigenvalue weighted by Gasteiger charge is -2.17. The van der Waals surface area contributed by atoms with E-state index in [1.807, 2.05) is 19.1 Å². The summed E-state index contributed by atoms with van der Waals surface area (Å²) in [6.07, 6.45) is 0. The maximum atomic E-state index is 11.8. The predicted octanol–water partition coefficient (Wildman–Crippen LogP) is 1.26. The van der Waals surface area contributed by atoms with Crippen molar-refractivity contribution in [1.29, 1.82) is 0 Å². The molecule has 0 radical (unpaired) electrons. The molecule has 2 atom stereocenters. The molecule has 1 heterocycles. The number of aromatic hydroxyl groups is 1. The first kappa shape index (κ1) is 11.9. The monoisotopic (exact) mass is 235 g/mol. The highest BCUT2D eigenvalue weighted by atomic mass is 16.5. The molecular formula is C13H17NO3. The van der Waals surface area contributed by atoms with Crippen molar-refractivity contribution in [2.45, 2.75) is 12.8 Å². The SMILES string of the molecule is CCOC(=O)[C@@H]1CNC[C@H]1c1ccc(O)cc1. The molecule has 1 saturated heterocycles. The fourth-order valence-electron chi connectivity index (χ4n) is 2.25. The van der Waals surface area contributed by atoms with Gasteiger partial charge in [0.1, 0.15) is 5.75 Å². The Labute approximate surface area is 101 Å². The lowest BCUT2D eigenvalue weighted by atomic mass is 9.89. The van der Waals surface area contributed by atoms with Crippen LogP contribution in [-0.4, -0.2) is 30.8 Å². The van der Waals surface area contributed by atoms with Crippen molar-refractivity contribution in [3.05, 3.63) is 29.8 Å². The summed E-state index contributed by atoms with van der Waals surface area (Å²) in [5.41, 5.74) is 1.06. The van der Waals surface area contributed by atoms with E-state index in [-0.39, 0.29) is 23.6 Å². The molecule has 92 valence electrons. The number of hydrogen-bond donors (Lipinski definition) is 2. The van der Waals surface area contributed by atoms with E-state index in [9.17, 15) is 9.90 Å². The summed E-state index contributed by atoms with van der Waals surface area (Å²) in [7, 11) is 0. The molecule has 1 aliphatic rings. The Bertz CT molecular complexity index is 388. The van der Waals surface area contributed by atoms with Crippen LogP contribution in [0.15, 0.2) is 24.3 Å². The number of nitrogens with one attached hydrogen (secondary N) is 1. The molecule has 4 nitrogen and oxygen atoms in total. The van der Waals surface area contributed by atoms with Crippen LogP contribution in [0.3, 0.4) is 0 Å². The van der Waals surface area contributed by atoms with Crippen LogP contribution in [0.1, 0.15) is 18.4 Å². The van der Waals surface area contributed by atoms with E-state index in [1.54, 1.807) is 12.1 Å². The summed E-state index contributed by atoms with van der Waals surface area (Å²) in [6.45, 7) is 3.66. The number of hydrogen-bond acceptors (Lipinski definition) is 4. The molecule has 2 N–H and O–H groups in total. The largest absolute Gasteiger partial charge is 0.508 e. The second-order valence-corrected chi connectivity index (χ2v) is 4.21. The fourth-order valence-corrected chi connectivity index (χ4v) is 2.25. The second kappa shape index (κ2) is 5.19. The molecule has 17 heavy (non-hydrogen) atoms. The van der Waals surface area contributed by atoms with Gasteiger partial charge in [0.25, 0.3) is 0 Å². The van der Waals surface area contributed by atoms with Gasteiger partial charge in [-0.2, -0.15) is 0 Å². The first-order chi connectivity index (χ1) is 8.22. The number of esters is 1. The molecule has 1 aromatic rings. The van der Waals surface area contributed by atoms with Crippen molar-refractivity contribution in [2.24, 2.45) is 5.92 Å². The van der Waals surface area contributed by atoms with Crippen LogP contribution in [0.4, 0.5) is 0 Å². The van der Waals surface area contributed by atoms with Crippen LogP contribution in [0.25, 0.3) is 0 Å². The van der Waals surface area contributed by atoms with E-state index >= 15 is 0 Å². The maximum Gasteiger partial charge on any atom is 0.310 e. The third-order valence-electron chi connectivity index (χ3n) is 3.12. The minimum Gasteiger partial charge on any atom is -0.508 e. The lowest BCUT2D eigenvalue weighted by molar-refractivity contribution is -0.147. The number of benzene rings is 1. The van der Waals surface area contributed by atoms with Gasteiger partial charge in [-0.05, 0) is 24.6 Å². The summed E-state index contributed by atoms with van der Waals surface area (Å²) in [5, 5.41) is 12.5. The average molecular weight is 235 g/mol. The molecule has 0 aromatic heterocycles. The molecule has 0 spiro atoms. The zero-order valence-electron chi connectivity index (χ0n) is 9.85. The molecule has 0 bridgehead atoms. The van der Waals surface area contributed by atoms with Crippen molar-refractivity contribution in [3.8, 4) is 5.75 Å². The Kier molecular flexibility index (Phi) is 3.64. The van der Waals surface area contributed by atoms with Gasteiger partial charge in [0.15, 0.2) is 0 Å². The van der Waals surface area contributed by atoms with E-state index in [4.69, 9.17) is 4.74 Å². The van der Waals surface area contributed by atoms with Gasteiger partial charge in [0.2, 0.25) is 0 Å². The Morgan fingerprint density at radius 2 is 2.12 bits per heavy atom. The van der Waals surface area contributed by atoms with Gasteiger partial charge in [-0.15, -0.1) is 0 Å². The highest BCUT2D eigenvalue weighted by Gasteiger charge is 2.34. The van der Waals surface area contributed by atoms with Crippen LogP contribution < -0.4 is 5.32 Å². The first-order valence-electron chi connectivity index (χ1n) is 5.88. The van der Waals surface area contributed by atoms with E-state index in [0.29, 0.717) is 13.2 Å². The van der Waals surface area contributed by atoms with Gasteiger partial charge in [-0.3, -0.25) is 4.79 Å². The minimum absolute atomic E-state index is 0.125. The summed E-state index contributed by atoms with van der Waals surface area (Å²) in [6, 6.07) is 7.02. The standard InChI is InChI=1S/C13H17NO3/c1-2-17-13(16)12-8-14-7-11(12)9-3-5-10(15)6-4-9/h3-6,11-12,14-15H,2,7-8H2,1H3/t11-,12+/m0/s1. The molecule has 1 aromatic carbocycles. The molecule has 0 unspecified atom stereocenters. The van der Waals surface area contributed by atoms with Crippen LogP contribution >= 0.6 is 0 Å². The smallest absolute Gasteiger partial charge is 0.310 e. The number of rotatable bonds is 3. The molecule has 4 heteroatoms. The van der Waals surface area contributed by atoms with Crippen molar-refractivity contribution >= 4 is 5.97 Å². The van der Waals surface area contributed by atoms with Crippen LogP contribution in [0, 0.1) is 5.92 Å². The molecular weight excluding hydrogens is 218 g/mol. The molecule has 0 amide bonds. The second-order valence-electron chi connectivity index (χ2n) is 4.21. The summed E-state index contributed by atoms with van der Waals surface area (Å²) in [4.78, 5) is 11.8. The molecule has 1 aliphatic heterocycles. The fraction of sp³-hybridized carbons (Fsp3) is 0.462.